The molecule has 1 atom stereocenters. The summed E-state index contributed by atoms with van der Waals surface area (Å²) in [7, 11) is 0. The number of halogens is 5. The second-order valence-corrected chi connectivity index (χ2v) is 13.3. The van der Waals surface area contributed by atoms with Crippen molar-refractivity contribution >= 4 is 51.2 Å². The van der Waals surface area contributed by atoms with Gasteiger partial charge in [-0.1, -0.05) is 23.2 Å². The average molecular weight is 683 g/mol. The highest BCUT2D eigenvalue weighted by molar-refractivity contribution is 6.36. The van der Waals surface area contributed by atoms with Crippen LogP contribution >= 0.6 is 23.2 Å². The van der Waals surface area contributed by atoms with Gasteiger partial charge in [-0.25, -0.2) is 13.8 Å². The van der Waals surface area contributed by atoms with Crippen LogP contribution in [-0.4, -0.2) is 44.5 Å². The molecule has 9 nitrogen and oxygen atoms in total. The maximum Gasteiger partial charge on any atom is 0.248 e. The molecule has 4 heterocycles. The number of rotatable bonds is 7. The van der Waals surface area contributed by atoms with E-state index in [1.807, 2.05) is 11.2 Å². The number of nitrogens with one attached hydrogen (secondary N) is 4. The van der Waals surface area contributed by atoms with E-state index in [4.69, 9.17) is 23.2 Å². The van der Waals surface area contributed by atoms with Crippen LogP contribution < -0.4 is 21.6 Å². The van der Waals surface area contributed by atoms with E-state index in [1.165, 1.54) is 30.6 Å². The minimum Gasteiger partial charge on any atom is -0.373 e. The molecule has 0 aliphatic carbocycles. The summed E-state index contributed by atoms with van der Waals surface area (Å²) < 4.78 is 42.3. The third-order valence-corrected chi connectivity index (χ3v) is 9.00. The van der Waals surface area contributed by atoms with Crippen molar-refractivity contribution in [3.8, 4) is 6.07 Å². The van der Waals surface area contributed by atoms with E-state index in [0.717, 1.165) is 32.0 Å². The highest BCUT2D eigenvalue weighted by Gasteiger charge is 2.32. The lowest BCUT2D eigenvalue weighted by Crippen LogP contribution is -2.52. The highest BCUT2D eigenvalue weighted by atomic mass is 35.5. The van der Waals surface area contributed by atoms with Crippen LogP contribution in [0.2, 0.25) is 10.0 Å². The summed E-state index contributed by atoms with van der Waals surface area (Å²) in [4.78, 5) is 10.5. The molecule has 47 heavy (non-hydrogen) atoms. The molecule has 2 aliphatic heterocycles. The SMILES string of the molecule is CC(C)(C)N1CCC(N2C=C([C@@H](Nc3cc(Cl)c4ncc(C#N)c(Nc5ccc(F)c(Cl)c5)c4c3)c3cnc(F)c(F)c3)NN2)CC1. The maximum atomic E-state index is 14.5. The van der Waals surface area contributed by atoms with Gasteiger partial charge in [0.2, 0.25) is 5.95 Å². The van der Waals surface area contributed by atoms with Crippen LogP contribution in [0.3, 0.4) is 0 Å². The van der Waals surface area contributed by atoms with Gasteiger partial charge in [0.25, 0.3) is 0 Å². The first-order chi connectivity index (χ1) is 22.4. The molecule has 1 fully saturated rings. The highest BCUT2D eigenvalue weighted by Crippen LogP contribution is 2.37. The predicted octanol–water partition coefficient (Wildman–Crippen LogP) is 7.55. The number of benzene rings is 2. The fourth-order valence-electron chi connectivity index (χ4n) is 5.88. The van der Waals surface area contributed by atoms with E-state index in [-0.39, 0.29) is 27.2 Å². The van der Waals surface area contributed by atoms with Gasteiger partial charge in [0.15, 0.2) is 5.82 Å². The number of hydrazine groups is 2. The largest absolute Gasteiger partial charge is 0.373 e. The normalized spacial score (nSPS) is 16.5. The summed E-state index contributed by atoms with van der Waals surface area (Å²) in [5.74, 6) is -2.87. The summed E-state index contributed by atoms with van der Waals surface area (Å²) in [5, 5.41) is 19.1. The van der Waals surface area contributed by atoms with Gasteiger partial charge in [-0.2, -0.15) is 9.65 Å². The van der Waals surface area contributed by atoms with Crippen LogP contribution in [-0.2, 0) is 0 Å². The zero-order valence-corrected chi connectivity index (χ0v) is 27.3. The smallest absolute Gasteiger partial charge is 0.248 e. The molecule has 1 saturated heterocycles. The third kappa shape index (κ3) is 6.89. The fourth-order valence-corrected chi connectivity index (χ4v) is 6.33. The van der Waals surface area contributed by atoms with Crippen molar-refractivity contribution in [3.63, 3.8) is 0 Å². The number of nitriles is 1. The van der Waals surface area contributed by atoms with Crippen molar-refractivity contribution in [3.05, 3.63) is 99.4 Å². The molecule has 2 aromatic heterocycles. The summed E-state index contributed by atoms with van der Waals surface area (Å²) in [6, 6.07) is 10.2. The lowest BCUT2D eigenvalue weighted by atomic mass is 9.98. The second kappa shape index (κ2) is 13.1. The topological polar surface area (TPSA) is 104 Å². The Balaban J connectivity index is 1.36. The minimum atomic E-state index is -1.20. The van der Waals surface area contributed by atoms with E-state index in [1.54, 1.807) is 12.1 Å². The number of piperidine rings is 1. The van der Waals surface area contributed by atoms with E-state index in [9.17, 15) is 18.4 Å². The molecular formula is C33H32Cl2F3N9. The molecular weight excluding hydrogens is 650 g/mol. The first-order valence-electron chi connectivity index (χ1n) is 15.0. The number of hydrogen-bond donors (Lipinski definition) is 4. The second-order valence-electron chi connectivity index (χ2n) is 12.5. The quantitative estimate of drug-likeness (QED) is 0.147. The van der Waals surface area contributed by atoms with E-state index < -0.39 is 23.6 Å². The molecule has 244 valence electrons. The van der Waals surface area contributed by atoms with Gasteiger partial charge in [-0.15, -0.1) is 5.53 Å². The Bertz CT molecular complexity index is 1900. The fraction of sp³-hybridized carbons (Fsp3) is 0.303. The van der Waals surface area contributed by atoms with Crippen molar-refractivity contribution in [2.45, 2.75) is 51.2 Å². The van der Waals surface area contributed by atoms with Crippen molar-refractivity contribution in [1.82, 2.24) is 30.8 Å². The molecule has 2 aromatic carbocycles. The lowest BCUT2D eigenvalue weighted by molar-refractivity contribution is 0.0570. The summed E-state index contributed by atoms with van der Waals surface area (Å²) >= 11 is 12.7. The van der Waals surface area contributed by atoms with Crippen LogP contribution in [0.15, 0.2) is 60.7 Å². The predicted molar refractivity (Wildman–Crippen MR) is 177 cm³/mol. The van der Waals surface area contributed by atoms with Crippen molar-refractivity contribution < 1.29 is 13.2 Å². The molecule has 0 unspecified atom stereocenters. The molecule has 6 rings (SSSR count). The number of aromatic nitrogens is 2. The molecule has 2 aliphatic rings. The van der Waals surface area contributed by atoms with Gasteiger partial charge in [0, 0.05) is 65.6 Å². The zero-order valence-electron chi connectivity index (χ0n) is 25.8. The average Bonchev–Trinajstić information content (AvgIpc) is 3.53. The maximum absolute atomic E-state index is 14.5. The Labute approximate surface area is 280 Å². The molecule has 4 aromatic rings. The molecule has 14 heteroatoms. The number of anilines is 3. The zero-order chi connectivity index (χ0) is 33.5. The van der Waals surface area contributed by atoms with Crippen LogP contribution in [0.1, 0.15) is 50.8 Å². The van der Waals surface area contributed by atoms with Crippen molar-refractivity contribution in [2.75, 3.05) is 23.7 Å². The van der Waals surface area contributed by atoms with Gasteiger partial charge in [0.05, 0.1) is 38.6 Å². The molecule has 0 spiro atoms. The van der Waals surface area contributed by atoms with Gasteiger partial charge in [-0.05, 0) is 70.0 Å². The van der Waals surface area contributed by atoms with E-state index in [0.29, 0.717) is 39.2 Å². The summed E-state index contributed by atoms with van der Waals surface area (Å²) in [6.07, 6.45) is 6.45. The Hall–Kier alpha value is -4.28. The van der Waals surface area contributed by atoms with Crippen LogP contribution in [0.4, 0.5) is 30.2 Å². The van der Waals surface area contributed by atoms with Crippen LogP contribution in [0, 0.1) is 28.9 Å². The van der Waals surface area contributed by atoms with Gasteiger partial charge < -0.3 is 16.1 Å². The van der Waals surface area contributed by atoms with Crippen LogP contribution in [0.5, 0.6) is 0 Å². The lowest BCUT2D eigenvalue weighted by Gasteiger charge is -2.42. The number of hydrogen-bond acceptors (Lipinski definition) is 9. The number of likely N-dealkylation sites (tertiary alicyclic amines) is 1. The number of fused-ring (bicyclic) bond motifs is 1. The van der Waals surface area contributed by atoms with Crippen molar-refractivity contribution in [1.29, 1.82) is 5.26 Å². The Morgan fingerprint density at radius 3 is 2.40 bits per heavy atom. The van der Waals surface area contributed by atoms with E-state index >= 15 is 0 Å². The molecule has 0 amide bonds. The minimum absolute atomic E-state index is 0.0867. The summed E-state index contributed by atoms with van der Waals surface area (Å²) in [6.45, 7) is 8.51. The van der Waals surface area contributed by atoms with E-state index in [2.05, 4.69) is 63.3 Å². The Morgan fingerprint density at radius 2 is 1.72 bits per heavy atom. The Morgan fingerprint density at radius 1 is 0.979 bits per heavy atom. The molecule has 0 bridgehead atoms. The first kappa shape index (κ1) is 32.7. The standard InChI is InChI=1S/C33H32Cl2F3N9/c1-33(2,3)46-8-6-22(7-9-46)47-17-28(44-45-47)30(18-10-27(37)32(38)41-15-18)43-21-11-23-29(42-20-4-5-26(36)24(34)12-20)19(14-39)16-40-31(23)25(35)13-21/h4-5,10-13,15-17,22,30,43-45H,6-9H2,1-3H3,(H,40,42)/t30-/m0/s1. The van der Waals surface area contributed by atoms with Gasteiger partial charge in [-0.3, -0.25) is 14.9 Å². The number of nitrogens with zero attached hydrogens (tertiary/aromatic N) is 5. The van der Waals surface area contributed by atoms with Crippen LogP contribution in [0.25, 0.3) is 10.9 Å². The van der Waals surface area contributed by atoms with Gasteiger partial charge in [0.1, 0.15) is 11.9 Å². The third-order valence-electron chi connectivity index (χ3n) is 8.42. The van der Waals surface area contributed by atoms with Crippen molar-refractivity contribution in [2.24, 2.45) is 0 Å². The summed E-state index contributed by atoms with van der Waals surface area (Å²) in [5.41, 5.74) is 9.43. The molecule has 0 radical (unpaired) electrons. The number of pyridine rings is 2. The first-order valence-corrected chi connectivity index (χ1v) is 15.8. The monoisotopic (exact) mass is 681 g/mol. The molecule has 4 N–H and O–H groups in total. The Kier molecular flexibility index (Phi) is 9.09. The molecule has 0 saturated carbocycles. The van der Waals surface area contributed by atoms with Gasteiger partial charge >= 0.3 is 0 Å².